The van der Waals surface area contributed by atoms with Crippen molar-refractivity contribution in [2.45, 2.75) is 19.9 Å². The molecule has 1 unspecified atom stereocenters. The molecule has 0 fully saturated rings. The van der Waals surface area contributed by atoms with Crippen molar-refractivity contribution in [1.82, 2.24) is 10.3 Å². The molecule has 106 valence electrons. The van der Waals surface area contributed by atoms with Gasteiger partial charge in [0.25, 0.3) is 0 Å². The zero-order valence-electron chi connectivity index (χ0n) is 12.0. The summed E-state index contributed by atoms with van der Waals surface area (Å²) in [5.74, 6) is 0.759. The topological polar surface area (TPSA) is 34.2 Å². The third kappa shape index (κ3) is 3.11. The number of nitrogens with zero attached hydrogens (tertiary/aromatic N) is 1. The summed E-state index contributed by atoms with van der Waals surface area (Å²) in [7, 11) is 1.65. The van der Waals surface area contributed by atoms with Crippen LogP contribution in [-0.2, 0) is 0 Å². The van der Waals surface area contributed by atoms with Gasteiger partial charge in [-0.2, -0.15) is 0 Å². The summed E-state index contributed by atoms with van der Waals surface area (Å²) >= 11 is 6.40. The number of ether oxygens (including phenoxy) is 1. The molecule has 2 rings (SSSR count). The molecular formula is C16H19ClN2O. The number of hydrogen-bond donors (Lipinski definition) is 1. The zero-order chi connectivity index (χ0) is 14.5. The zero-order valence-corrected chi connectivity index (χ0v) is 12.7. The van der Waals surface area contributed by atoms with Gasteiger partial charge in [0.15, 0.2) is 0 Å². The number of benzene rings is 1. The first kappa shape index (κ1) is 14.8. The van der Waals surface area contributed by atoms with E-state index in [0.717, 1.165) is 34.1 Å². The summed E-state index contributed by atoms with van der Waals surface area (Å²) in [5.41, 5.74) is 3.00. The van der Waals surface area contributed by atoms with Crippen LogP contribution in [0, 0.1) is 6.92 Å². The Hall–Kier alpha value is -1.58. The Balaban J connectivity index is 2.50. The molecule has 1 aromatic heterocycles. The number of methoxy groups -OCH3 is 1. The van der Waals surface area contributed by atoms with Crippen LogP contribution in [0.15, 0.2) is 36.5 Å². The molecule has 4 heteroatoms. The van der Waals surface area contributed by atoms with Crippen LogP contribution in [0.25, 0.3) is 0 Å². The fourth-order valence-corrected chi connectivity index (χ4v) is 2.56. The fourth-order valence-electron chi connectivity index (χ4n) is 2.22. The normalized spacial score (nSPS) is 12.2. The van der Waals surface area contributed by atoms with Crippen molar-refractivity contribution in [2.24, 2.45) is 0 Å². The molecule has 20 heavy (non-hydrogen) atoms. The van der Waals surface area contributed by atoms with Crippen LogP contribution in [-0.4, -0.2) is 18.6 Å². The van der Waals surface area contributed by atoms with E-state index in [1.165, 1.54) is 0 Å². The van der Waals surface area contributed by atoms with E-state index >= 15 is 0 Å². The third-order valence-electron chi connectivity index (χ3n) is 3.17. The standard InChI is InChI=1S/C16H19ClN2O/c1-4-18-15(12-8-7-11(2)10-13(12)17)16-14(20-3)6-5-9-19-16/h5-10,15,18H,4H2,1-3H3. The van der Waals surface area contributed by atoms with E-state index in [0.29, 0.717) is 0 Å². The average molecular weight is 291 g/mol. The molecular weight excluding hydrogens is 272 g/mol. The van der Waals surface area contributed by atoms with Gasteiger partial charge >= 0.3 is 0 Å². The van der Waals surface area contributed by atoms with E-state index in [2.05, 4.69) is 23.3 Å². The van der Waals surface area contributed by atoms with Crippen LogP contribution in [0.2, 0.25) is 5.02 Å². The lowest BCUT2D eigenvalue weighted by Crippen LogP contribution is -2.23. The Kier molecular flexibility index (Phi) is 4.99. The molecule has 0 radical (unpaired) electrons. The lowest BCUT2D eigenvalue weighted by molar-refractivity contribution is 0.400. The number of nitrogens with one attached hydrogen (secondary N) is 1. The molecule has 0 saturated carbocycles. The van der Waals surface area contributed by atoms with Gasteiger partial charge in [0.2, 0.25) is 0 Å². The van der Waals surface area contributed by atoms with E-state index in [4.69, 9.17) is 16.3 Å². The van der Waals surface area contributed by atoms with E-state index in [9.17, 15) is 0 Å². The largest absolute Gasteiger partial charge is 0.495 e. The molecule has 1 aromatic carbocycles. The van der Waals surface area contributed by atoms with Crippen molar-refractivity contribution in [2.75, 3.05) is 13.7 Å². The maximum absolute atomic E-state index is 6.40. The highest BCUT2D eigenvalue weighted by Gasteiger charge is 2.20. The van der Waals surface area contributed by atoms with Crippen molar-refractivity contribution in [3.8, 4) is 5.75 Å². The van der Waals surface area contributed by atoms with Gasteiger partial charge in [-0.1, -0.05) is 30.7 Å². The second-order valence-corrected chi connectivity index (χ2v) is 5.01. The van der Waals surface area contributed by atoms with Crippen molar-refractivity contribution in [3.63, 3.8) is 0 Å². The van der Waals surface area contributed by atoms with Crippen molar-refractivity contribution in [1.29, 1.82) is 0 Å². The molecule has 0 aliphatic heterocycles. The second-order valence-electron chi connectivity index (χ2n) is 4.61. The van der Waals surface area contributed by atoms with Gasteiger partial charge in [-0.15, -0.1) is 0 Å². The van der Waals surface area contributed by atoms with Crippen molar-refractivity contribution < 1.29 is 4.74 Å². The average Bonchev–Trinajstić information content (AvgIpc) is 2.45. The number of hydrogen-bond acceptors (Lipinski definition) is 3. The van der Waals surface area contributed by atoms with Gasteiger partial charge in [-0.3, -0.25) is 4.98 Å². The summed E-state index contributed by atoms with van der Waals surface area (Å²) in [6, 6.07) is 9.76. The van der Waals surface area contributed by atoms with Crippen LogP contribution in [0.1, 0.15) is 29.8 Å². The molecule has 1 N–H and O–H groups in total. The van der Waals surface area contributed by atoms with Gasteiger partial charge in [-0.25, -0.2) is 0 Å². The Morgan fingerprint density at radius 3 is 2.80 bits per heavy atom. The Morgan fingerprint density at radius 2 is 2.15 bits per heavy atom. The van der Waals surface area contributed by atoms with Crippen molar-refractivity contribution in [3.05, 3.63) is 58.4 Å². The summed E-state index contributed by atoms with van der Waals surface area (Å²) in [4.78, 5) is 4.46. The highest BCUT2D eigenvalue weighted by molar-refractivity contribution is 6.31. The van der Waals surface area contributed by atoms with Crippen LogP contribution < -0.4 is 10.1 Å². The molecule has 0 spiro atoms. The van der Waals surface area contributed by atoms with Gasteiger partial charge in [0, 0.05) is 11.2 Å². The predicted octanol–water partition coefficient (Wildman–Crippen LogP) is 3.75. The van der Waals surface area contributed by atoms with Crippen LogP contribution >= 0.6 is 11.6 Å². The minimum atomic E-state index is -0.0794. The summed E-state index contributed by atoms with van der Waals surface area (Å²) in [5, 5.41) is 4.16. The SMILES string of the molecule is CCNC(c1ccc(C)cc1Cl)c1ncccc1OC. The smallest absolute Gasteiger partial charge is 0.142 e. The predicted molar refractivity (Wildman–Crippen MR) is 82.5 cm³/mol. The molecule has 1 atom stereocenters. The molecule has 0 amide bonds. The minimum absolute atomic E-state index is 0.0794. The quantitative estimate of drug-likeness (QED) is 0.910. The number of pyridine rings is 1. The fraction of sp³-hybridized carbons (Fsp3) is 0.312. The van der Waals surface area contributed by atoms with Gasteiger partial charge in [-0.05, 0) is 42.8 Å². The summed E-state index contributed by atoms with van der Waals surface area (Å²) in [6.07, 6.45) is 1.77. The van der Waals surface area contributed by atoms with Crippen LogP contribution in [0.5, 0.6) is 5.75 Å². The molecule has 2 aromatic rings. The highest BCUT2D eigenvalue weighted by Crippen LogP contribution is 2.32. The molecule has 0 bridgehead atoms. The molecule has 0 aliphatic carbocycles. The molecule has 3 nitrogen and oxygen atoms in total. The lowest BCUT2D eigenvalue weighted by atomic mass is 10.0. The second kappa shape index (κ2) is 6.73. The van der Waals surface area contributed by atoms with E-state index < -0.39 is 0 Å². The lowest BCUT2D eigenvalue weighted by Gasteiger charge is -2.21. The van der Waals surface area contributed by atoms with Gasteiger partial charge < -0.3 is 10.1 Å². The Morgan fingerprint density at radius 1 is 1.35 bits per heavy atom. The molecule has 0 saturated heterocycles. The number of rotatable bonds is 5. The first-order chi connectivity index (χ1) is 9.67. The maximum atomic E-state index is 6.40. The van der Waals surface area contributed by atoms with Gasteiger partial charge in [0.05, 0.1) is 13.2 Å². The highest BCUT2D eigenvalue weighted by atomic mass is 35.5. The third-order valence-corrected chi connectivity index (χ3v) is 3.50. The van der Waals surface area contributed by atoms with E-state index in [1.807, 2.05) is 31.2 Å². The first-order valence-corrected chi connectivity index (χ1v) is 7.03. The Labute approximate surface area is 124 Å². The van der Waals surface area contributed by atoms with Crippen LogP contribution in [0.3, 0.4) is 0 Å². The minimum Gasteiger partial charge on any atom is -0.495 e. The molecule has 1 heterocycles. The number of aromatic nitrogens is 1. The number of aryl methyl sites for hydroxylation is 1. The monoisotopic (exact) mass is 290 g/mol. The maximum Gasteiger partial charge on any atom is 0.142 e. The van der Waals surface area contributed by atoms with E-state index in [-0.39, 0.29) is 6.04 Å². The van der Waals surface area contributed by atoms with Crippen LogP contribution in [0.4, 0.5) is 0 Å². The first-order valence-electron chi connectivity index (χ1n) is 6.65. The summed E-state index contributed by atoms with van der Waals surface area (Å²) < 4.78 is 5.41. The van der Waals surface area contributed by atoms with E-state index in [1.54, 1.807) is 13.3 Å². The van der Waals surface area contributed by atoms with Crippen molar-refractivity contribution >= 4 is 11.6 Å². The summed E-state index contributed by atoms with van der Waals surface area (Å²) in [6.45, 7) is 4.90. The molecule has 0 aliphatic rings. The Bertz CT molecular complexity index is 586. The number of halogens is 1. The van der Waals surface area contributed by atoms with Gasteiger partial charge in [0.1, 0.15) is 11.4 Å².